The second-order valence-corrected chi connectivity index (χ2v) is 9.35. The van der Waals surface area contributed by atoms with Gasteiger partial charge in [0.2, 0.25) is 15.9 Å². The van der Waals surface area contributed by atoms with Crippen molar-refractivity contribution in [2.24, 2.45) is 0 Å². The first kappa shape index (κ1) is 24.5. The molecule has 3 rings (SSSR count). The molecule has 1 aliphatic heterocycles. The van der Waals surface area contributed by atoms with E-state index in [1.165, 1.54) is 20.1 Å². The van der Waals surface area contributed by atoms with Gasteiger partial charge in [0.05, 0.1) is 10.7 Å². The van der Waals surface area contributed by atoms with E-state index in [1.807, 2.05) is 6.92 Å². The summed E-state index contributed by atoms with van der Waals surface area (Å²) in [6, 6.07) is 0. The van der Waals surface area contributed by atoms with E-state index in [2.05, 4.69) is 10.2 Å². The van der Waals surface area contributed by atoms with Crippen LogP contribution < -0.4 is 0 Å². The van der Waals surface area contributed by atoms with Crippen LogP contribution in [0.4, 0.5) is 17.6 Å². The van der Waals surface area contributed by atoms with Crippen LogP contribution in [0, 0.1) is 6.92 Å². The highest BCUT2D eigenvalue weighted by atomic mass is 35.5. The third-order valence-electron chi connectivity index (χ3n) is 5.09. The molecule has 1 fully saturated rings. The Hall–Kier alpha value is -2.19. The number of piperazine rings is 1. The number of alkyl halides is 4. The summed E-state index contributed by atoms with van der Waals surface area (Å²) in [6.45, 7) is 3.15. The first-order chi connectivity index (χ1) is 15.0. The lowest BCUT2D eigenvalue weighted by atomic mass is 10.3. The highest BCUT2D eigenvalue weighted by Gasteiger charge is 2.34. The number of carbonyl (C=O) groups is 1. The van der Waals surface area contributed by atoms with Crippen molar-refractivity contribution in [3.05, 3.63) is 28.3 Å². The molecule has 1 amide bonds. The zero-order chi connectivity index (χ0) is 23.8. The molecule has 2 aromatic rings. The minimum atomic E-state index is -3.83. The fourth-order valence-electron chi connectivity index (χ4n) is 3.40. The molecular weight excluding hydrogens is 480 g/mol. The molecule has 0 spiro atoms. The average molecular weight is 501 g/mol. The maximum Gasteiger partial charge on any atom is 0.283 e. The number of rotatable bonds is 7. The van der Waals surface area contributed by atoms with Crippen molar-refractivity contribution in [3.63, 3.8) is 0 Å². The van der Waals surface area contributed by atoms with E-state index in [4.69, 9.17) is 11.6 Å². The molecule has 178 valence electrons. The summed E-state index contributed by atoms with van der Waals surface area (Å²) in [6.07, 6.45) is -4.94. The minimum Gasteiger partial charge on any atom is -0.338 e. The fourth-order valence-corrected chi connectivity index (χ4v) is 5.29. The van der Waals surface area contributed by atoms with Gasteiger partial charge in [0.25, 0.3) is 12.9 Å². The standard InChI is InChI=1S/C17H21ClF4N6O3S/c1-3-26-8-11(10(2)23-26)32(30,31)27-6-4-25(5-7-27)12(29)9-28-15(17(21)22)13(18)14(24-28)16(19)20/h8,16-17H,3-7,9H2,1-2H3. The van der Waals surface area contributed by atoms with Crippen molar-refractivity contribution in [2.75, 3.05) is 26.2 Å². The number of carbonyl (C=O) groups excluding carboxylic acids is 1. The minimum absolute atomic E-state index is 0.000255. The Balaban J connectivity index is 1.70. The Labute approximate surface area is 186 Å². The molecule has 0 aromatic carbocycles. The summed E-state index contributed by atoms with van der Waals surface area (Å²) in [5, 5.41) is 6.63. The summed E-state index contributed by atoms with van der Waals surface area (Å²) in [5.74, 6) is -0.668. The van der Waals surface area contributed by atoms with Crippen LogP contribution >= 0.6 is 11.6 Å². The van der Waals surface area contributed by atoms with Crippen LogP contribution in [0.3, 0.4) is 0 Å². The summed E-state index contributed by atoms with van der Waals surface area (Å²) in [5.41, 5.74) is -1.62. The molecule has 0 N–H and O–H groups in total. The van der Waals surface area contributed by atoms with Gasteiger partial charge in [-0.25, -0.2) is 26.0 Å². The summed E-state index contributed by atoms with van der Waals surface area (Å²) < 4.78 is 81.5. The number of hydrogen-bond acceptors (Lipinski definition) is 5. The first-order valence-corrected chi connectivity index (χ1v) is 11.4. The third-order valence-corrected chi connectivity index (χ3v) is 7.48. The molecule has 0 bridgehead atoms. The van der Waals surface area contributed by atoms with E-state index < -0.39 is 51.7 Å². The Morgan fingerprint density at radius 3 is 2.25 bits per heavy atom. The molecule has 0 saturated carbocycles. The summed E-state index contributed by atoms with van der Waals surface area (Å²) in [7, 11) is -3.83. The number of aromatic nitrogens is 4. The largest absolute Gasteiger partial charge is 0.338 e. The van der Waals surface area contributed by atoms with E-state index in [-0.39, 0.29) is 31.1 Å². The predicted molar refractivity (Wildman–Crippen MR) is 105 cm³/mol. The van der Waals surface area contributed by atoms with Gasteiger partial charge in [-0.05, 0) is 13.8 Å². The SMILES string of the molecule is CCn1cc(S(=O)(=O)N2CCN(C(=O)Cn3nc(C(F)F)c(Cl)c3C(F)F)CC2)c(C)n1. The van der Waals surface area contributed by atoms with Crippen LogP contribution in [0.25, 0.3) is 0 Å². The third kappa shape index (κ3) is 4.62. The van der Waals surface area contributed by atoms with Gasteiger partial charge in [0.1, 0.15) is 22.8 Å². The van der Waals surface area contributed by atoms with Crippen LogP contribution in [0.1, 0.15) is 36.9 Å². The van der Waals surface area contributed by atoms with Gasteiger partial charge < -0.3 is 4.90 Å². The zero-order valence-electron chi connectivity index (χ0n) is 17.2. The van der Waals surface area contributed by atoms with Crippen LogP contribution in [-0.2, 0) is 27.9 Å². The Morgan fingerprint density at radius 2 is 1.75 bits per heavy atom. The quantitative estimate of drug-likeness (QED) is 0.544. The van der Waals surface area contributed by atoms with E-state index in [9.17, 15) is 30.8 Å². The predicted octanol–water partition coefficient (Wildman–Crippen LogP) is 2.47. The molecule has 1 aliphatic rings. The molecule has 0 atom stereocenters. The highest BCUT2D eigenvalue weighted by molar-refractivity contribution is 7.89. The molecule has 0 unspecified atom stereocenters. The van der Waals surface area contributed by atoms with Crippen molar-refractivity contribution >= 4 is 27.5 Å². The highest BCUT2D eigenvalue weighted by Crippen LogP contribution is 2.34. The van der Waals surface area contributed by atoms with Gasteiger partial charge in [-0.2, -0.15) is 14.5 Å². The van der Waals surface area contributed by atoms with Crippen LogP contribution in [0.5, 0.6) is 0 Å². The number of nitrogens with zero attached hydrogens (tertiary/aromatic N) is 6. The van der Waals surface area contributed by atoms with Crippen molar-refractivity contribution in [3.8, 4) is 0 Å². The summed E-state index contributed by atoms with van der Waals surface area (Å²) >= 11 is 5.59. The summed E-state index contributed by atoms with van der Waals surface area (Å²) in [4.78, 5) is 13.9. The van der Waals surface area contributed by atoms with E-state index in [0.29, 0.717) is 16.9 Å². The van der Waals surface area contributed by atoms with Gasteiger partial charge in [0.15, 0.2) is 0 Å². The molecule has 32 heavy (non-hydrogen) atoms. The normalized spacial score (nSPS) is 15.8. The van der Waals surface area contributed by atoms with E-state index in [0.717, 1.165) is 0 Å². The Kier molecular flexibility index (Phi) is 7.15. The monoisotopic (exact) mass is 500 g/mol. The van der Waals surface area contributed by atoms with Gasteiger partial charge in [-0.3, -0.25) is 14.2 Å². The average Bonchev–Trinajstić information content (AvgIpc) is 3.28. The van der Waals surface area contributed by atoms with E-state index in [1.54, 1.807) is 6.92 Å². The zero-order valence-corrected chi connectivity index (χ0v) is 18.8. The lowest BCUT2D eigenvalue weighted by molar-refractivity contribution is -0.133. The molecule has 0 radical (unpaired) electrons. The van der Waals surface area contributed by atoms with Gasteiger partial charge in [-0.1, -0.05) is 11.6 Å². The molecule has 1 saturated heterocycles. The molecule has 3 heterocycles. The number of aryl methyl sites for hydroxylation is 2. The lowest BCUT2D eigenvalue weighted by Gasteiger charge is -2.34. The fraction of sp³-hybridized carbons (Fsp3) is 0.588. The van der Waals surface area contributed by atoms with Crippen LogP contribution in [-0.4, -0.2) is 69.3 Å². The van der Waals surface area contributed by atoms with Gasteiger partial charge >= 0.3 is 0 Å². The van der Waals surface area contributed by atoms with Crippen molar-refractivity contribution in [1.29, 1.82) is 0 Å². The molecule has 9 nitrogen and oxygen atoms in total. The topological polar surface area (TPSA) is 93.3 Å². The number of sulfonamides is 1. The number of hydrogen-bond donors (Lipinski definition) is 0. The smallest absolute Gasteiger partial charge is 0.283 e. The van der Waals surface area contributed by atoms with Gasteiger partial charge in [-0.15, -0.1) is 0 Å². The molecular formula is C17H21ClF4N6O3S. The first-order valence-electron chi connectivity index (χ1n) is 9.61. The lowest BCUT2D eigenvalue weighted by Crippen LogP contribution is -2.51. The second kappa shape index (κ2) is 9.35. The second-order valence-electron chi connectivity index (χ2n) is 7.06. The van der Waals surface area contributed by atoms with Gasteiger partial charge in [0, 0.05) is 38.9 Å². The maximum absolute atomic E-state index is 13.3. The van der Waals surface area contributed by atoms with Crippen LogP contribution in [0.15, 0.2) is 11.1 Å². The van der Waals surface area contributed by atoms with Crippen molar-refractivity contribution in [1.82, 2.24) is 28.8 Å². The van der Waals surface area contributed by atoms with E-state index >= 15 is 0 Å². The molecule has 2 aromatic heterocycles. The maximum atomic E-state index is 13.3. The number of halogens is 5. The Bertz CT molecular complexity index is 1100. The van der Waals surface area contributed by atoms with Crippen molar-refractivity contribution < 1.29 is 30.8 Å². The Morgan fingerprint density at radius 1 is 1.12 bits per heavy atom. The molecule has 0 aliphatic carbocycles. The van der Waals surface area contributed by atoms with Crippen LogP contribution in [0.2, 0.25) is 5.02 Å². The molecule has 15 heteroatoms. The van der Waals surface area contributed by atoms with Crippen molar-refractivity contribution in [2.45, 2.75) is 44.7 Å². The number of amides is 1.